The lowest BCUT2D eigenvalue weighted by molar-refractivity contribution is -1.03. The summed E-state index contributed by atoms with van der Waals surface area (Å²) in [5, 5.41) is 0. The molecule has 5 nitrogen and oxygen atoms in total. The second-order valence-corrected chi connectivity index (χ2v) is 8.05. The first kappa shape index (κ1) is 19.3. The van der Waals surface area contributed by atoms with Gasteiger partial charge in [0.1, 0.15) is 32.7 Å². The van der Waals surface area contributed by atoms with E-state index in [1.807, 2.05) is 11.0 Å². The van der Waals surface area contributed by atoms with Crippen LogP contribution >= 0.6 is 0 Å². The van der Waals surface area contributed by atoms with Crippen molar-refractivity contribution in [2.24, 2.45) is 5.92 Å². The Morgan fingerprint density at radius 3 is 2.27 bits per heavy atom. The molecular weight excluding hydrogens is 328 g/mol. The Balaban J connectivity index is 1.61. The van der Waals surface area contributed by atoms with Crippen LogP contribution in [0.1, 0.15) is 38.2 Å². The molecule has 2 atom stereocenters. The fourth-order valence-electron chi connectivity index (χ4n) is 4.89. The lowest BCUT2D eigenvalue weighted by atomic mass is 9.86. The van der Waals surface area contributed by atoms with E-state index in [-0.39, 0.29) is 0 Å². The number of quaternary nitrogens is 2. The number of piperazine rings is 1. The van der Waals surface area contributed by atoms with Crippen LogP contribution in [0.2, 0.25) is 0 Å². The zero-order valence-corrected chi connectivity index (χ0v) is 16.9. The van der Waals surface area contributed by atoms with Gasteiger partial charge in [0.15, 0.2) is 11.5 Å². The normalized spacial score (nSPS) is 29.2. The molecule has 0 radical (unpaired) electrons. The largest absolute Gasteiger partial charge is 0.493 e. The summed E-state index contributed by atoms with van der Waals surface area (Å²) in [6, 6.07) is 5.01. The fourth-order valence-corrected chi connectivity index (χ4v) is 4.89. The number of nitrogens with one attached hydrogen (secondary N) is 2. The van der Waals surface area contributed by atoms with E-state index in [1.165, 1.54) is 57.4 Å². The number of hydrogen-bond donors (Lipinski definition) is 2. The molecule has 1 aliphatic heterocycles. The monoisotopic (exact) mass is 364 g/mol. The smallest absolute Gasteiger partial charge is 0.203 e. The molecule has 26 heavy (non-hydrogen) atoms. The van der Waals surface area contributed by atoms with Gasteiger partial charge in [-0.1, -0.05) is 13.3 Å². The number of benzene rings is 1. The number of methoxy groups -OCH3 is 3. The molecule has 2 fully saturated rings. The number of ether oxygens (including phenoxy) is 3. The van der Waals surface area contributed by atoms with Gasteiger partial charge in [-0.15, -0.1) is 0 Å². The Kier molecular flexibility index (Phi) is 6.65. The Hall–Kier alpha value is -1.46. The zero-order valence-electron chi connectivity index (χ0n) is 16.9. The topological polar surface area (TPSA) is 36.6 Å². The molecule has 1 saturated heterocycles. The van der Waals surface area contributed by atoms with Gasteiger partial charge in [-0.25, -0.2) is 0 Å². The Morgan fingerprint density at radius 1 is 0.923 bits per heavy atom. The van der Waals surface area contributed by atoms with Crippen molar-refractivity contribution >= 4 is 0 Å². The lowest BCUT2D eigenvalue weighted by Gasteiger charge is -2.37. The van der Waals surface area contributed by atoms with Crippen LogP contribution in [0, 0.1) is 5.92 Å². The van der Waals surface area contributed by atoms with Gasteiger partial charge in [0.25, 0.3) is 0 Å². The molecule has 0 unspecified atom stereocenters. The predicted molar refractivity (Wildman–Crippen MR) is 103 cm³/mol. The quantitative estimate of drug-likeness (QED) is 0.775. The summed E-state index contributed by atoms with van der Waals surface area (Å²) in [6.45, 7) is 8.47. The SMILES string of the molecule is COc1ccc(C[NH+]2CC[NH+]([C@H]3CCC[C@@H](C)C3)CC2)c(OC)c1OC. The molecule has 5 heteroatoms. The molecule has 1 saturated carbocycles. The van der Waals surface area contributed by atoms with E-state index in [2.05, 4.69) is 13.0 Å². The molecular formula is C21H36N2O3+2. The van der Waals surface area contributed by atoms with E-state index in [1.54, 1.807) is 26.2 Å². The van der Waals surface area contributed by atoms with Crippen molar-refractivity contribution in [3.8, 4) is 17.2 Å². The third kappa shape index (κ3) is 4.26. The number of rotatable bonds is 6. The summed E-state index contributed by atoms with van der Waals surface area (Å²) < 4.78 is 16.6. The molecule has 1 aromatic rings. The van der Waals surface area contributed by atoms with Gasteiger partial charge in [0, 0.05) is 6.42 Å². The highest BCUT2D eigenvalue weighted by atomic mass is 16.5. The average molecular weight is 365 g/mol. The fraction of sp³-hybridized carbons (Fsp3) is 0.714. The Bertz CT molecular complexity index is 585. The van der Waals surface area contributed by atoms with Crippen LogP contribution in [-0.4, -0.2) is 53.6 Å². The van der Waals surface area contributed by atoms with Gasteiger partial charge in [-0.3, -0.25) is 0 Å². The van der Waals surface area contributed by atoms with Gasteiger partial charge < -0.3 is 24.0 Å². The van der Waals surface area contributed by atoms with Crippen molar-refractivity contribution in [1.29, 1.82) is 0 Å². The first-order valence-corrected chi connectivity index (χ1v) is 10.1. The minimum atomic E-state index is 0.701. The molecule has 1 heterocycles. The molecule has 146 valence electrons. The average Bonchev–Trinajstić information content (AvgIpc) is 2.68. The zero-order chi connectivity index (χ0) is 18.5. The minimum Gasteiger partial charge on any atom is -0.493 e. The van der Waals surface area contributed by atoms with E-state index in [9.17, 15) is 0 Å². The van der Waals surface area contributed by atoms with Crippen LogP contribution < -0.4 is 24.0 Å². The maximum Gasteiger partial charge on any atom is 0.203 e. The standard InChI is InChI=1S/C21H34N2O3/c1-16-6-5-7-18(14-16)23-12-10-22(11-13-23)15-17-8-9-19(24-2)21(26-4)20(17)25-3/h8-9,16,18H,5-7,10-15H2,1-4H3/p+2/t16-,18+/m1/s1. The summed E-state index contributed by atoms with van der Waals surface area (Å²) in [7, 11) is 5.04. The van der Waals surface area contributed by atoms with Gasteiger partial charge >= 0.3 is 0 Å². The van der Waals surface area contributed by atoms with Crippen molar-refractivity contribution in [3.05, 3.63) is 17.7 Å². The lowest BCUT2D eigenvalue weighted by Crippen LogP contribution is -3.29. The highest BCUT2D eigenvalue weighted by molar-refractivity contribution is 5.55. The van der Waals surface area contributed by atoms with E-state index in [0.717, 1.165) is 30.0 Å². The van der Waals surface area contributed by atoms with Crippen molar-refractivity contribution in [3.63, 3.8) is 0 Å². The maximum atomic E-state index is 5.66. The molecule has 0 amide bonds. The van der Waals surface area contributed by atoms with Crippen LogP contribution in [0.5, 0.6) is 17.2 Å². The Morgan fingerprint density at radius 2 is 1.65 bits per heavy atom. The highest BCUT2D eigenvalue weighted by Gasteiger charge is 2.32. The highest BCUT2D eigenvalue weighted by Crippen LogP contribution is 2.39. The summed E-state index contributed by atoms with van der Waals surface area (Å²) in [4.78, 5) is 3.49. The van der Waals surface area contributed by atoms with Crippen LogP contribution in [0.15, 0.2) is 12.1 Å². The molecule has 0 aromatic heterocycles. The van der Waals surface area contributed by atoms with Crippen molar-refractivity contribution in [2.45, 2.75) is 45.2 Å². The van der Waals surface area contributed by atoms with Crippen LogP contribution in [-0.2, 0) is 6.54 Å². The second-order valence-electron chi connectivity index (χ2n) is 8.05. The van der Waals surface area contributed by atoms with Crippen LogP contribution in [0.25, 0.3) is 0 Å². The van der Waals surface area contributed by atoms with E-state index >= 15 is 0 Å². The number of hydrogen-bond acceptors (Lipinski definition) is 3. The summed E-state index contributed by atoms with van der Waals surface area (Å²) in [6.07, 6.45) is 5.71. The van der Waals surface area contributed by atoms with E-state index < -0.39 is 0 Å². The minimum absolute atomic E-state index is 0.701. The molecule has 2 N–H and O–H groups in total. The molecule has 0 bridgehead atoms. The van der Waals surface area contributed by atoms with Crippen molar-refractivity contribution in [1.82, 2.24) is 0 Å². The van der Waals surface area contributed by atoms with E-state index in [0.29, 0.717) is 5.75 Å². The van der Waals surface area contributed by atoms with Gasteiger partial charge in [0.05, 0.1) is 32.9 Å². The first-order chi connectivity index (χ1) is 12.7. The Labute approximate surface area is 158 Å². The summed E-state index contributed by atoms with van der Waals surface area (Å²) in [5.74, 6) is 3.16. The van der Waals surface area contributed by atoms with Crippen molar-refractivity contribution in [2.75, 3.05) is 47.5 Å². The second kappa shape index (κ2) is 8.96. The molecule has 1 aliphatic carbocycles. The maximum absolute atomic E-state index is 5.66. The van der Waals surface area contributed by atoms with Crippen molar-refractivity contribution < 1.29 is 24.0 Å². The van der Waals surface area contributed by atoms with E-state index in [4.69, 9.17) is 14.2 Å². The molecule has 1 aromatic carbocycles. The molecule has 3 rings (SSSR count). The van der Waals surface area contributed by atoms with Crippen LogP contribution in [0.4, 0.5) is 0 Å². The third-order valence-electron chi connectivity index (χ3n) is 6.34. The predicted octanol–water partition coefficient (Wildman–Crippen LogP) is 0.575. The summed E-state index contributed by atoms with van der Waals surface area (Å²) >= 11 is 0. The van der Waals surface area contributed by atoms with Gasteiger partial charge in [-0.2, -0.15) is 0 Å². The van der Waals surface area contributed by atoms with Crippen LogP contribution in [0.3, 0.4) is 0 Å². The van der Waals surface area contributed by atoms with Gasteiger partial charge in [0.2, 0.25) is 5.75 Å². The third-order valence-corrected chi connectivity index (χ3v) is 6.34. The molecule has 2 aliphatic rings. The molecule has 0 spiro atoms. The first-order valence-electron chi connectivity index (χ1n) is 10.1. The summed E-state index contributed by atoms with van der Waals surface area (Å²) in [5.41, 5.74) is 1.20. The van der Waals surface area contributed by atoms with Gasteiger partial charge in [-0.05, 0) is 30.9 Å².